The predicted octanol–water partition coefficient (Wildman–Crippen LogP) is 0.914. The molecule has 2 heterocycles. The number of likely N-dealkylation sites (tertiary alicyclic amines) is 1. The molecule has 4 N–H and O–H groups in total. The molecule has 9 heteroatoms. The van der Waals surface area contributed by atoms with Crippen molar-refractivity contribution in [2.24, 2.45) is 11.7 Å². The first-order valence-electron chi connectivity index (χ1n) is 8.81. The molecule has 1 aliphatic rings. The minimum absolute atomic E-state index is 0.0914. The molecule has 9 nitrogen and oxygen atoms in total. The average Bonchev–Trinajstić information content (AvgIpc) is 3.26. The molecule has 2 amide bonds. The molecule has 0 spiro atoms. The largest absolute Gasteiger partial charge is 0.480 e. The molecule has 1 aromatic rings. The topological polar surface area (TPSA) is 139 Å². The number of amides is 2. The lowest BCUT2D eigenvalue weighted by molar-refractivity contribution is -0.143. The van der Waals surface area contributed by atoms with E-state index in [0.29, 0.717) is 25.8 Å². The smallest absolute Gasteiger partial charge is 0.326 e. The number of hydrogen-bond acceptors (Lipinski definition) is 6. The highest BCUT2D eigenvalue weighted by Crippen LogP contribution is 2.22. The van der Waals surface area contributed by atoms with E-state index in [2.05, 4.69) is 10.3 Å². The molecule has 0 radical (unpaired) electrons. The summed E-state index contributed by atoms with van der Waals surface area (Å²) in [5, 5.41) is 11.9. The number of carbonyl (C=O) groups excluding carboxylic acids is 2. The summed E-state index contributed by atoms with van der Waals surface area (Å²) < 4.78 is 5.18. The second-order valence-electron chi connectivity index (χ2n) is 6.73. The summed E-state index contributed by atoms with van der Waals surface area (Å²) in [5.74, 6) is -1.93. The molecule has 1 saturated heterocycles. The van der Waals surface area contributed by atoms with Crippen molar-refractivity contribution in [1.29, 1.82) is 0 Å². The van der Waals surface area contributed by atoms with E-state index in [4.69, 9.17) is 10.2 Å². The first-order chi connectivity index (χ1) is 12.3. The first-order valence-corrected chi connectivity index (χ1v) is 8.81. The van der Waals surface area contributed by atoms with Crippen molar-refractivity contribution in [3.05, 3.63) is 17.8 Å². The predicted molar refractivity (Wildman–Crippen MR) is 92.2 cm³/mol. The van der Waals surface area contributed by atoms with Crippen LogP contribution in [0.4, 0.5) is 0 Å². The fourth-order valence-electron chi connectivity index (χ4n) is 2.96. The molecule has 0 aliphatic carbocycles. The highest BCUT2D eigenvalue weighted by Gasteiger charge is 2.38. The van der Waals surface area contributed by atoms with Crippen LogP contribution in [-0.2, 0) is 9.59 Å². The van der Waals surface area contributed by atoms with Gasteiger partial charge in [-0.15, -0.1) is 0 Å². The van der Waals surface area contributed by atoms with Gasteiger partial charge in [0.05, 0.1) is 6.04 Å². The number of nitrogens with zero attached hydrogens (tertiary/aromatic N) is 2. The van der Waals surface area contributed by atoms with E-state index in [1.54, 1.807) is 13.8 Å². The Balaban J connectivity index is 2.11. The van der Waals surface area contributed by atoms with Gasteiger partial charge in [-0.1, -0.05) is 20.3 Å². The van der Waals surface area contributed by atoms with Crippen molar-refractivity contribution < 1.29 is 23.9 Å². The van der Waals surface area contributed by atoms with Gasteiger partial charge in [-0.25, -0.2) is 9.78 Å². The maximum Gasteiger partial charge on any atom is 0.326 e. The molecular formula is C17H26N4O5. The van der Waals surface area contributed by atoms with Crippen LogP contribution < -0.4 is 11.1 Å². The first kappa shape index (κ1) is 19.9. The van der Waals surface area contributed by atoms with E-state index < -0.39 is 35.9 Å². The average molecular weight is 366 g/mol. The van der Waals surface area contributed by atoms with Gasteiger partial charge in [-0.2, -0.15) is 0 Å². The third-order valence-electron chi connectivity index (χ3n) is 4.72. The Bertz CT molecular complexity index is 672. The second kappa shape index (κ2) is 8.31. The molecule has 4 atom stereocenters. The number of nitrogens with two attached hydrogens (primary N) is 1. The number of nitrogens with one attached hydrogen (secondary N) is 1. The maximum atomic E-state index is 12.7. The van der Waals surface area contributed by atoms with Crippen LogP contribution in [0, 0.1) is 5.92 Å². The van der Waals surface area contributed by atoms with E-state index in [1.165, 1.54) is 11.2 Å². The number of oxazole rings is 1. The molecule has 1 fully saturated rings. The van der Waals surface area contributed by atoms with Crippen LogP contribution in [0.2, 0.25) is 0 Å². The Kier molecular flexibility index (Phi) is 6.36. The molecular weight excluding hydrogens is 340 g/mol. The number of carbonyl (C=O) groups is 3. The van der Waals surface area contributed by atoms with E-state index in [1.807, 2.05) is 6.92 Å². The van der Waals surface area contributed by atoms with E-state index in [-0.39, 0.29) is 17.5 Å². The molecule has 26 heavy (non-hydrogen) atoms. The van der Waals surface area contributed by atoms with Crippen LogP contribution in [0.1, 0.15) is 62.5 Å². The Morgan fingerprint density at radius 3 is 2.69 bits per heavy atom. The normalized spacial score (nSPS) is 20.5. The molecule has 144 valence electrons. The SMILES string of the molecule is CC[C@H](C)[C@H](NC(=O)[C@@H]1CCCN1C(=O)c1coc([C@H](C)N)n1)C(=O)O. The van der Waals surface area contributed by atoms with Crippen molar-refractivity contribution in [3.63, 3.8) is 0 Å². The lowest BCUT2D eigenvalue weighted by Gasteiger charge is -2.26. The zero-order chi connectivity index (χ0) is 19.4. The third-order valence-corrected chi connectivity index (χ3v) is 4.72. The van der Waals surface area contributed by atoms with Crippen LogP contribution >= 0.6 is 0 Å². The molecule has 2 rings (SSSR count). The molecule has 0 aromatic carbocycles. The van der Waals surface area contributed by atoms with E-state index >= 15 is 0 Å². The van der Waals surface area contributed by atoms with Crippen LogP contribution in [0.25, 0.3) is 0 Å². The van der Waals surface area contributed by atoms with Gasteiger partial charge in [-0.05, 0) is 25.7 Å². The monoisotopic (exact) mass is 366 g/mol. The summed E-state index contributed by atoms with van der Waals surface area (Å²) in [6.45, 7) is 5.71. The Labute approximate surface area is 151 Å². The van der Waals surface area contributed by atoms with Crippen LogP contribution in [-0.4, -0.2) is 51.4 Å². The van der Waals surface area contributed by atoms with Gasteiger partial charge in [0.2, 0.25) is 11.8 Å². The zero-order valence-corrected chi connectivity index (χ0v) is 15.3. The standard InChI is InChI=1S/C17H26N4O5/c1-4-9(2)13(17(24)25)20-14(22)12-6-5-7-21(12)16(23)11-8-26-15(19-11)10(3)18/h8-10,12-13H,4-7,18H2,1-3H3,(H,20,22)(H,24,25)/t9-,10-,12-,13-/m0/s1. The van der Waals surface area contributed by atoms with Crippen LogP contribution in [0.5, 0.6) is 0 Å². The number of carboxylic acids is 1. The quantitative estimate of drug-likeness (QED) is 0.652. The molecule has 0 bridgehead atoms. The Morgan fingerprint density at radius 1 is 1.46 bits per heavy atom. The molecule has 1 aliphatic heterocycles. The van der Waals surface area contributed by atoms with Crippen molar-refractivity contribution in [1.82, 2.24) is 15.2 Å². The van der Waals surface area contributed by atoms with Crippen LogP contribution in [0.3, 0.4) is 0 Å². The number of hydrogen-bond donors (Lipinski definition) is 3. The third kappa shape index (κ3) is 4.21. The fraction of sp³-hybridized carbons (Fsp3) is 0.647. The Morgan fingerprint density at radius 2 is 2.15 bits per heavy atom. The van der Waals surface area contributed by atoms with Gasteiger partial charge in [-0.3, -0.25) is 9.59 Å². The lowest BCUT2D eigenvalue weighted by Crippen LogP contribution is -2.52. The van der Waals surface area contributed by atoms with Crippen molar-refractivity contribution in [2.45, 2.75) is 58.2 Å². The van der Waals surface area contributed by atoms with Crippen LogP contribution in [0.15, 0.2) is 10.7 Å². The summed E-state index contributed by atoms with van der Waals surface area (Å²) >= 11 is 0. The van der Waals surface area contributed by atoms with Crippen molar-refractivity contribution >= 4 is 17.8 Å². The van der Waals surface area contributed by atoms with Crippen molar-refractivity contribution in [3.8, 4) is 0 Å². The number of rotatable bonds is 7. The maximum absolute atomic E-state index is 12.7. The summed E-state index contributed by atoms with van der Waals surface area (Å²) in [4.78, 5) is 42.2. The number of carboxylic acid groups (broad SMARTS) is 1. The van der Waals surface area contributed by atoms with Gasteiger partial charge >= 0.3 is 5.97 Å². The van der Waals surface area contributed by atoms with Gasteiger partial charge in [0.15, 0.2) is 5.69 Å². The zero-order valence-electron chi connectivity index (χ0n) is 15.3. The highest BCUT2D eigenvalue weighted by atomic mass is 16.4. The summed E-state index contributed by atoms with van der Waals surface area (Å²) in [5.41, 5.74) is 5.77. The molecule has 0 saturated carbocycles. The molecule has 1 aromatic heterocycles. The number of aliphatic carboxylic acids is 1. The minimum atomic E-state index is -1.08. The Hall–Kier alpha value is -2.42. The summed E-state index contributed by atoms with van der Waals surface area (Å²) in [6.07, 6.45) is 2.97. The lowest BCUT2D eigenvalue weighted by atomic mass is 9.99. The highest BCUT2D eigenvalue weighted by molar-refractivity contribution is 5.97. The number of aromatic nitrogens is 1. The van der Waals surface area contributed by atoms with Gasteiger partial charge in [0.25, 0.3) is 5.91 Å². The summed E-state index contributed by atoms with van der Waals surface area (Å²) in [7, 11) is 0. The van der Waals surface area contributed by atoms with Gasteiger partial charge in [0, 0.05) is 6.54 Å². The van der Waals surface area contributed by atoms with Gasteiger partial charge < -0.3 is 25.5 Å². The van der Waals surface area contributed by atoms with Crippen molar-refractivity contribution in [2.75, 3.05) is 6.54 Å². The van der Waals surface area contributed by atoms with Gasteiger partial charge in [0.1, 0.15) is 18.3 Å². The second-order valence-corrected chi connectivity index (χ2v) is 6.73. The minimum Gasteiger partial charge on any atom is -0.480 e. The fourth-order valence-corrected chi connectivity index (χ4v) is 2.96. The van der Waals surface area contributed by atoms with E-state index in [9.17, 15) is 19.5 Å². The van der Waals surface area contributed by atoms with E-state index in [0.717, 1.165) is 0 Å². The summed E-state index contributed by atoms with van der Waals surface area (Å²) in [6, 6.07) is -2.15. The molecule has 0 unspecified atom stereocenters.